The maximum Gasteiger partial charge on any atom is 0.416 e. The molecule has 0 saturated carbocycles. The van der Waals surface area contributed by atoms with Crippen LogP contribution in [0.1, 0.15) is 42.9 Å². The topological polar surface area (TPSA) is 73.1 Å². The van der Waals surface area contributed by atoms with E-state index < -0.39 is 17.5 Å². The second-order valence-electron chi connectivity index (χ2n) is 7.84. The van der Waals surface area contributed by atoms with Crippen molar-refractivity contribution in [3.8, 4) is 17.0 Å². The lowest BCUT2D eigenvalue weighted by Crippen LogP contribution is -2.27. The van der Waals surface area contributed by atoms with E-state index in [1.165, 1.54) is 13.1 Å². The normalized spacial score (nSPS) is 24.3. The van der Waals surface area contributed by atoms with E-state index in [1.807, 2.05) is 10.9 Å². The minimum Gasteiger partial charge on any atom is -0.507 e. The molecule has 0 spiro atoms. The summed E-state index contributed by atoms with van der Waals surface area (Å²) in [6, 6.07) is 1.93. The summed E-state index contributed by atoms with van der Waals surface area (Å²) in [5, 5.41) is 14.8. The third-order valence-electron chi connectivity index (χ3n) is 5.78. The highest BCUT2D eigenvalue weighted by atomic mass is 19.4. The quantitative estimate of drug-likeness (QED) is 0.685. The molecule has 2 atom stereocenters. The fraction of sp³-hybridized carbons (Fsp3) is 0.450. The van der Waals surface area contributed by atoms with Gasteiger partial charge < -0.3 is 9.84 Å². The Hall–Kier alpha value is -2.68. The number of aromatic nitrogens is 4. The molecule has 2 aromatic heterocycles. The Kier molecular flexibility index (Phi) is 4.06. The first-order chi connectivity index (χ1) is 13.8. The molecule has 2 aliphatic rings. The number of phenols is 1. The highest BCUT2D eigenvalue weighted by Crippen LogP contribution is 2.40. The van der Waals surface area contributed by atoms with Gasteiger partial charge in [-0.2, -0.15) is 18.3 Å². The van der Waals surface area contributed by atoms with Crippen LogP contribution in [0.5, 0.6) is 5.75 Å². The van der Waals surface area contributed by atoms with Gasteiger partial charge in [0.15, 0.2) is 5.65 Å². The number of rotatable bonds is 2. The van der Waals surface area contributed by atoms with Crippen molar-refractivity contribution in [3.63, 3.8) is 0 Å². The highest BCUT2D eigenvalue weighted by Gasteiger charge is 2.36. The van der Waals surface area contributed by atoms with Crippen LogP contribution in [0.2, 0.25) is 0 Å². The van der Waals surface area contributed by atoms with Gasteiger partial charge in [0.2, 0.25) is 0 Å². The fourth-order valence-corrected chi connectivity index (χ4v) is 4.44. The molecule has 29 heavy (non-hydrogen) atoms. The van der Waals surface area contributed by atoms with Crippen molar-refractivity contribution in [3.05, 3.63) is 35.7 Å². The van der Waals surface area contributed by atoms with E-state index in [2.05, 4.69) is 15.1 Å². The molecule has 2 saturated heterocycles. The van der Waals surface area contributed by atoms with Crippen molar-refractivity contribution in [2.75, 3.05) is 0 Å². The van der Waals surface area contributed by atoms with Gasteiger partial charge in [-0.05, 0) is 50.3 Å². The number of nitrogens with zero attached hydrogens (tertiary/aromatic N) is 4. The lowest BCUT2D eigenvalue weighted by Gasteiger charge is -2.28. The van der Waals surface area contributed by atoms with Gasteiger partial charge in [-0.1, -0.05) is 0 Å². The molecule has 9 heteroatoms. The summed E-state index contributed by atoms with van der Waals surface area (Å²) in [7, 11) is 0. The Morgan fingerprint density at radius 1 is 1.17 bits per heavy atom. The van der Waals surface area contributed by atoms with Crippen LogP contribution >= 0.6 is 0 Å². The first-order valence-electron chi connectivity index (χ1n) is 9.56. The Balaban J connectivity index is 1.51. The van der Waals surface area contributed by atoms with Gasteiger partial charge in [0.25, 0.3) is 0 Å². The van der Waals surface area contributed by atoms with E-state index in [1.54, 1.807) is 0 Å². The average molecular weight is 404 g/mol. The van der Waals surface area contributed by atoms with Gasteiger partial charge >= 0.3 is 6.18 Å². The zero-order valence-corrected chi connectivity index (χ0v) is 15.6. The molecule has 0 aliphatic carbocycles. The molecular formula is C20H19F3N4O2. The Morgan fingerprint density at radius 3 is 2.55 bits per heavy atom. The van der Waals surface area contributed by atoms with Crippen LogP contribution in [0, 0.1) is 6.92 Å². The van der Waals surface area contributed by atoms with Gasteiger partial charge in [-0.3, -0.25) is 4.68 Å². The van der Waals surface area contributed by atoms with E-state index >= 15 is 0 Å². The van der Waals surface area contributed by atoms with E-state index in [4.69, 9.17) is 4.74 Å². The lowest BCUT2D eigenvalue weighted by molar-refractivity contribution is -0.137. The smallest absolute Gasteiger partial charge is 0.416 e. The molecule has 4 heterocycles. The summed E-state index contributed by atoms with van der Waals surface area (Å²) >= 11 is 0. The molecule has 2 bridgehead atoms. The van der Waals surface area contributed by atoms with Crippen molar-refractivity contribution in [1.82, 2.24) is 19.7 Å². The number of halogens is 3. The predicted octanol–water partition coefficient (Wildman–Crippen LogP) is 4.41. The maximum atomic E-state index is 13.0. The van der Waals surface area contributed by atoms with Crippen LogP contribution in [-0.4, -0.2) is 37.1 Å². The number of phenolic OH excluding ortho intramolecular Hbond substituents is 1. The van der Waals surface area contributed by atoms with Gasteiger partial charge in [0.1, 0.15) is 11.3 Å². The van der Waals surface area contributed by atoms with Crippen LogP contribution in [-0.2, 0) is 10.9 Å². The number of aromatic hydroxyl groups is 1. The van der Waals surface area contributed by atoms with Crippen molar-refractivity contribution in [2.24, 2.45) is 0 Å². The molecule has 2 aliphatic heterocycles. The van der Waals surface area contributed by atoms with Crippen LogP contribution < -0.4 is 0 Å². The Labute approximate surface area is 164 Å². The number of benzene rings is 1. The third kappa shape index (κ3) is 3.23. The van der Waals surface area contributed by atoms with E-state index in [0.29, 0.717) is 22.9 Å². The molecule has 1 aromatic carbocycles. The summed E-state index contributed by atoms with van der Waals surface area (Å²) in [5.41, 5.74) is 0.899. The predicted molar refractivity (Wildman–Crippen MR) is 98.3 cm³/mol. The van der Waals surface area contributed by atoms with Gasteiger partial charge in [-0.15, -0.1) is 0 Å². The molecule has 3 aromatic rings. The van der Waals surface area contributed by atoms with Crippen LogP contribution in [0.25, 0.3) is 22.4 Å². The van der Waals surface area contributed by atoms with Crippen molar-refractivity contribution in [1.29, 1.82) is 0 Å². The minimum absolute atomic E-state index is 0.224. The number of ether oxygens (including phenoxy) is 1. The molecule has 152 valence electrons. The fourth-order valence-electron chi connectivity index (χ4n) is 4.44. The average Bonchev–Trinajstić information content (AvgIpc) is 3.22. The molecular weight excluding hydrogens is 385 g/mol. The molecule has 0 amide bonds. The van der Waals surface area contributed by atoms with Crippen molar-refractivity contribution in [2.45, 2.75) is 57.0 Å². The summed E-state index contributed by atoms with van der Waals surface area (Å²) in [5.74, 6) is -0.480. The van der Waals surface area contributed by atoms with Crippen LogP contribution in [0.15, 0.2) is 24.5 Å². The van der Waals surface area contributed by atoms with Crippen molar-refractivity contribution < 1.29 is 23.0 Å². The number of aryl methyl sites for hydroxylation is 1. The zero-order valence-electron chi connectivity index (χ0n) is 15.6. The lowest BCUT2D eigenvalue weighted by atomic mass is 10.0. The van der Waals surface area contributed by atoms with E-state index in [-0.39, 0.29) is 29.4 Å². The van der Waals surface area contributed by atoms with Crippen LogP contribution in [0.3, 0.4) is 0 Å². The second kappa shape index (κ2) is 6.41. The number of fused-ring (bicyclic) bond motifs is 3. The van der Waals surface area contributed by atoms with E-state index in [9.17, 15) is 18.3 Å². The van der Waals surface area contributed by atoms with E-state index in [0.717, 1.165) is 31.7 Å². The minimum atomic E-state index is -4.53. The number of alkyl halides is 3. The molecule has 5 rings (SSSR count). The SMILES string of the molecule is Cc1cc(C(F)(F)F)cc(O)c1-c1cnc2cn(C3CC4CCC(C3)O4)nc2n1. The third-order valence-corrected chi connectivity index (χ3v) is 5.78. The van der Waals surface area contributed by atoms with Gasteiger partial charge in [0.05, 0.1) is 41.9 Å². The number of hydrogen-bond acceptors (Lipinski definition) is 5. The van der Waals surface area contributed by atoms with Gasteiger partial charge in [0, 0.05) is 5.56 Å². The van der Waals surface area contributed by atoms with Crippen molar-refractivity contribution >= 4 is 11.2 Å². The molecule has 2 fully saturated rings. The highest BCUT2D eigenvalue weighted by molar-refractivity contribution is 5.77. The maximum absolute atomic E-state index is 13.0. The summed E-state index contributed by atoms with van der Waals surface area (Å²) in [4.78, 5) is 8.83. The Morgan fingerprint density at radius 2 is 1.90 bits per heavy atom. The second-order valence-corrected chi connectivity index (χ2v) is 7.84. The summed E-state index contributed by atoms with van der Waals surface area (Å²) in [6.07, 6.45) is 3.27. The summed E-state index contributed by atoms with van der Waals surface area (Å²) < 4.78 is 46.7. The zero-order chi connectivity index (χ0) is 20.3. The molecule has 6 nitrogen and oxygen atoms in total. The van der Waals surface area contributed by atoms with Gasteiger partial charge in [-0.25, -0.2) is 9.97 Å². The summed E-state index contributed by atoms with van der Waals surface area (Å²) in [6.45, 7) is 1.51. The van der Waals surface area contributed by atoms with Crippen LogP contribution in [0.4, 0.5) is 13.2 Å². The monoisotopic (exact) mass is 404 g/mol. The molecule has 2 unspecified atom stereocenters. The first-order valence-corrected chi connectivity index (χ1v) is 9.56. The number of hydrogen-bond donors (Lipinski definition) is 1. The largest absolute Gasteiger partial charge is 0.507 e. The molecule has 1 N–H and O–H groups in total. The standard InChI is InChI=1S/C20H19F3N4O2/c1-10-4-11(20(21,22)23)5-17(28)18(10)15-8-24-16-9-27(26-19(16)25-15)12-6-13-2-3-14(7-12)29-13/h4-5,8-9,12-14,28H,2-3,6-7H2,1H3. The first kappa shape index (κ1) is 18.4. The Bertz CT molecular complexity index is 1060. The molecule has 0 radical (unpaired) electrons.